The monoisotopic (exact) mass is 330 g/mol. The highest BCUT2D eigenvalue weighted by Gasteiger charge is 2.20. The molecule has 2 saturated carbocycles. The van der Waals surface area contributed by atoms with Gasteiger partial charge in [-0.2, -0.15) is 0 Å². The number of unbranched alkanes of at least 4 members (excludes halogenated alkanes) is 2. The highest BCUT2D eigenvalue weighted by atomic mass is 14.3. The Morgan fingerprint density at radius 2 is 1.29 bits per heavy atom. The van der Waals surface area contributed by atoms with Crippen molar-refractivity contribution in [1.82, 2.24) is 0 Å². The fraction of sp³-hybridized carbons (Fsp3) is 0.833. The van der Waals surface area contributed by atoms with Gasteiger partial charge in [-0.05, 0) is 94.8 Å². The van der Waals surface area contributed by atoms with Gasteiger partial charge in [-0.25, -0.2) is 0 Å². The fourth-order valence-electron chi connectivity index (χ4n) is 4.91. The first-order valence-corrected chi connectivity index (χ1v) is 11.1. The zero-order chi connectivity index (χ0) is 17.0. The van der Waals surface area contributed by atoms with Gasteiger partial charge in [0.15, 0.2) is 0 Å². The molecule has 0 heteroatoms. The highest BCUT2D eigenvalue weighted by Crippen LogP contribution is 2.34. The molecule has 0 spiro atoms. The fourth-order valence-corrected chi connectivity index (χ4v) is 4.91. The van der Waals surface area contributed by atoms with Crippen LogP contribution in [-0.4, -0.2) is 0 Å². The van der Waals surface area contributed by atoms with E-state index in [-0.39, 0.29) is 0 Å². The number of hydrogen-bond acceptors (Lipinski definition) is 0. The van der Waals surface area contributed by atoms with Crippen LogP contribution in [0.15, 0.2) is 24.3 Å². The van der Waals surface area contributed by atoms with Gasteiger partial charge >= 0.3 is 0 Å². The molecule has 0 aliphatic heterocycles. The lowest BCUT2D eigenvalue weighted by Gasteiger charge is -2.27. The Labute approximate surface area is 152 Å². The minimum Gasteiger partial charge on any atom is -0.0914 e. The second-order valence-corrected chi connectivity index (χ2v) is 8.59. The zero-order valence-corrected chi connectivity index (χ0v) is 16.5. The SMILES string of the molecule is CC=CC1CCC(CC/C=C/C2CCC(CCCCC)CC2)CC1. The van der Waals surface area contributed by atoms with Gasteiger partial charge in [-0.15, -0.1) is 0 Å². The molecule has 0 heterocycles. The van der Waals surface area contributed by atoms with Crippen LogP contribution >= 0.6 is 0 Å². The maximum atomic E-state index is 2.58. The predicted molar refractivity (Wildman–Crippen MR) is 108 cm³/mol. The third-order valence-electron chi connectivity index (χ3n) is 6.61. The normalized spacial score (nSPS) is 31.9. The van der Waals surface area contributed by atoms with Gasteiger partial charge in [0.2, 0.25) is 0 Å². The van der Waals surface area contributed by atoms with Crippen molar-refractivity contribution in [2.45, 2.75) is 104 Å². The second-order valence-electron chi connectivity index (χ2n) is 8.59. The second kappa shape index (κ2) is 11.9. The van der Waals surface area contributed by atoms with E-state index in [2.05, 4.69) is 38.2 Å². The predicted octanol–water partition coefficient (Wildman–Crippen LogP) is 8.09. The quantitative estimate of drug-likeness (QED) is 0.296. The lowest BCUT2D eigenvalue weighted by Crippen LogP contribution is -2.13. The van der Waals surface area contributed by atoms with Crippen LogP contribution in [0.4, 0.5) is 0 Å². The number of hydrogen-bond donors (Lipinski definition) is 0. The summed E-state index contributed by atoms with van der Waals surface area (Å²) < 4.78 is 0. The molecular formula is C24H42. The molecule has 2 fully saturated rings. The van der Waals surface area contributed by atoms with Gasteiger partial charge in [0.1, 0.15) is 0 Å². The maximum absolute atomic E-state index is 2.58. The van der Waals surface area contributed by atoms with Crippen LogP contribution in [0, 0.1) is 23.7 Å². The Hall–Kier alpha value is -0.520. The molecule has 0 aromatic rings. The molecule has 0 unspecified atom stereocenters. The van der Waals surface area contributed by atoms with Crippen LogP contribution in [0.2, 0.25) is 0 Å². The van der Waals surface area contributed by atoms with Crippen molar-refractivity contribution < 1.29 is 0 Å². The molecule has 2 aliphatic rings. The minimum atomic E-state index is 0.884. The average molecular weight is 331 g/mol. The van der Waals surface area contributed by atoms with E-state index >= 15 is 0 Å². The highest BCUT2D eigenvalue weighted by molar-refractivity contribution is 4.92. The van der Waals surface area contributed by atoms with Crippen LogP contribution in [0.3, 0.4) is 0 Å². The van der Waals surface area contributed by atoms with Crippen molar-refractivity contribution >= 4 is 0 Å². The van der Waals surface area contributed by atoms with Crippen molar-refractivity contribution in [2.75, 3.05) is 0 Å². The van der Waals surface area contributed by atoms with Gasteiger partial charge in [0.05, 0.1) is 0 Å². The average Bonchev–Trinajstić information content (AvgIpc) is 2.62. The molecule has 0 bridgehead atoms. The Bertz CT molecular complexity index is 348. The van der Waals surface area contributed by atoms with E-state index in [1.165, 1.54) is 89.9 Å². The van der Waals surface area contributed by atoms with Crippen molar-refractivity contribution in [3.05, 3.63) is 24.3 Å². The number of rotatable bonds is 9. The molecule has 0 amide bonds. The Morgan fingerprint density at radius 3 is 1.88 bits per heavy atom. The topological polar surface area (TPSA) is 0 Å². The molecule has 0 nitrogen and oxygen atoms in total. The van der Waals surface area contributed by atoms with Crippen LogP contribution in [0.25, 0.3) is 0 Å². The van der Waals surface area contributed by atoms with Crippen LogP contribution in [0.1, 0.15) is 104 Å². The van der Waals surface area contributed by atoms with E-state index in [4.69, 9.17) is 0 Å². The van der Waals surface area contributed by atoms with Gasteiger partial charge < -0.3 is 0 Å². The van der Waals surface area contributed by atoms with Gasteiger partial charge in [0, 0.05) is 0 Å². The standard InChI is InChI=1S/C24H42/c1-3-5-6-10-22-17-19-24(20-18-22)12-8-7-11-23-15-13-21(9-4-2)14-16-23/h4,8-9,12,21-24H,3,5-7,10-11,13-20H2,1-2H3/b9-4?,12-8+. The summed E-state index contributed by atoms with van der Waals surface area (Å²) in [4.78, 5) is 0. The lowest BCUT2D eigenvalue weighted by atomic mass is 9.79. The largest absolute Gasteiger partial charge is 0.0914 e. The smallest absolute Gasteiger partial charge is 0.0233 e. The summed E-state index contributed by atoms with van der Waals surface area (Å²) in [5.74, 6) is 3.84. The minimum absolute atomic E-state index is 0.884. The summed E-state index contributed by atoms with van der Waals surface area (Å²) >= 11 is 0. The summed E-state index contributed by atoms with van der Waals surface area (Å²) in [6, 6.07) is 0. The first-order chi connectivity index (χ1) is 11.8. The lowest BCUT2D eigenvalue weighted by molar-refractivity contribution is 0.287. The van der Waals surface area contributed by atoms with Gasteiger partial charge in [0.25, 0.3) is 0 Å². The molecule has 0 aromatic carbocycles. The molecule has 0 saturated heterocycles. The van der Waals surface area contributed by atoms with Crippen LogP contribution in [0.5, 0.6) is 0 Å². The molecule has 0 N–H and O–H groups in total. The van der Waals surface area contributed by atoms with Crippen LogP contribution < -0.4 is 0 Å². The van der Waals surface area contributed by atoms with E-state index in [0.29, 0.717) is 0 Å². The Morgan fingerprint density at radius 1 is 0.708 bits per heavy atom. The zero-order valence-electron chi connectivity index (χ0n) is 16.5. The summed E-state index contributed by atoms with van der Waals surface area (Å²) in [5.41, 5.74) is 0. The Kier molecular flexibility index (Phi) is 9.85. The van der Waals surface area contributed by atoms with E-state index < -0.39 is 0 Å². The summed E-state index contributed by atoms with van der Waals surface area (Å²) in [7, 11) is 0. The molecular weight excluding hydrogens is 288 g/mol. The molecule has 2 aliphatic carbocycles. The molecule has 0 radical (unpaired) electrons. The van der Waals surface area contributed by atoms with E-state index in [9.17, 15) is 0 Å². The third kappa shape index (κ3) is 7.58. The third-order valence-corrected chi connectivity index (χ3v) is 6.61. The maximum Gasteiger partial charge on any atom is -0.0233 e. The Balaban J connectivity index is 1.52. The van der Waals surface area contributed by atoms with Crippen molar-refractivity contribution in [3.8, 4) is 0 Å². The van der Waals surface area contributed by atoms with E-state index in [1.807, 2.05) is 0 Å². The first-order valence-electron chi connectivity index (χ1n) is 11.1. The molecule has 0 aromatic heterocycles. The van der Waals surface area contributed by atoms with Crippen molar-refractivity contribution in [1.29, 1.82) is 0 Å². The number of allylic oxidation sites excluding steroid dienone is 4. The summed E-state index contributed by atoms with van der Waals surface area (Å²) in [6.07, 6.45) is 30.0. The summed E-state index contributed by atoms with van der Waals surface area (Å²) in [5, 5.41) is 0. The van der Waals surface area contributed by atoms with Crippen molar-refractivity contribution in [3.63, 3.8) is 0 Å². The molecule has 24 heavy (non-hydrogen) atoms. The van der Waals surface area contributed by atoms with E-state index in [0.717, 1.165) is 23.7 Å². The molecule has 2 rings (SSSR count). The van der Waals surface area contributed by atoms with Crippen LogP contribution in [-0.2, 0) is 0 Å². The van der Waals surface area contributed by atoms with E-state index in [1.54, 1.807) is 0 Å². The molecule has 0 atom stereocenters. The molecule has 138 valence electrons. The first kappa shape index (κ1) is 19.8. The van der Waals surface area contributed by atoms with Gasteiger partial charge in [-0.3, -0.25) is 0 Å². The van der Waals surface area contributed by atoms with Gasteiger partial charge in [-0.1, -0.05) is 56.9 Å². The summed E-state index contributed by atoms with van der Waals surface area (Å²) in [6.45, 7) is 4.48. The van der Waals surface area contributed by atoms with Crippen molar-refractivity contribution in [2.24, 2.45) is 23.7 Å².